The number of likely N-dealkylation sites (tertiary alicyclic amines) is 1. The SMILES string of the molecule is Cc1cc(CC2CCN(Cc3ccccn3)CC2)cc2c1C(O)N(Cc1ccc(OC(F)(F)F)cc1)C2. The third-order valence-electron chi connectivity index (χ3n) is 7.40. The number of benzene rings is 2. The van der Waals surface area contributed by atoms with Gasteiger partial charge in [0.15, 0.2) is 0 Å². The highest BCUT2D eigenvalue weighted by Crippen LogP contribution is 2.37. The molecule has 5 nitrogen and oxygen atoms in total. The van der Waals surface area contributed by atoms with Crippen LogP contribution in [0.2, 0.25) is 0 Å². The topological polar surface area (TPSA) is 48.8 Å². The van der Waals surface area contributed by atoms with Crippen molar-refractivity contribution < 1.29 is 23.0 Å². The minimum Gasteiger partial charge on any atom is -0.406 e. The molecule has 3 heterocycles. The smallest absolute Gasteiger partial charge is 0.406 e. The Morgan fingerprint density at radius 1 is 1.00 bits per heavy atom. The first-order valence-corrected chi connectivity index (χ1v) is 12.7. The fourth-order valence-electron chi connectivity index (χ4n) is 5.63. The Balaban J connectivity index is 1.17. The van der Waals surface area contributed by atoms with E-state index in [9.17, 15) is 18.3 Å². The molecule has 2 aliphatic heterocycles. The van der Waals surface area contributed by atoms with Gasteiger partial charge in [0.2, 0.25) is 0 Å². The highest BCUT2D eigenvalue weighted by Gasteiger charge is 2.32. The van der Waals surface area contributed by atoms with Crippen LogP contribution in [0.4, 0.5) is 13.2 Å². The monoisotopic (exact) mass is 511 g/mol. The lowest BCUT2D eigenvalue weighted by Gasteiger charge is -2.32. The van der Waals surface area contributed by atoms with Gasteiger partial charge in [0.05, 0.1) is 5.69 Å². The number of alkyl halides is 3. The maximum Gasteiger partial charge on any atom is 0.573 e. The Morgan fingerprint density at radius 3 is 2.43 bits per heavy atom. The largest absolute Gasteiger partial charge is 0.573 e. The molecule has 0 bridgehead atoms. The number of nitrogens with zero attached hydrogens (tertiary/aromatic N) is 3. The molecule has 5 rings (SSSR count). The first kappa shape index (κ1) is 25.7. The molecule has 0 spiro atoms. The van der Waals surface area contributed by atoms with E-state index in [0.29, 0.717) is 19.0 Å². The van der Waals surface area contributed by atoms with E-state index in [1.54, 1.807) is 12.1 Å². The molecule has 2 aromatic carbocycles. The van der Waals surface area contributed by atoms with E-state index in [0.717, 1.165) is 66.8 Å². The molecular weight excluding hydrogens is 479 g/mol. The first-order valence-electron chi connectivity index (χ1n) is 12.7. The van der Waals surface area contributed by atoms with Gasteiger partial charge in [0.1, 0.15) is 12.0 Å². The number of hydrogen-bond donors (Lipinski definition) is 1. The van der Waals surface area contributed by atoms with Crippen molar-refractivity contribution in [2.24, 2.45) is 5.92 Å². The summed E-state index contributed by atoms with van der Waals surface area (Å²) in [6.07, 6.45) is -0.246. The molecule has 0 saturated carbocycles. The lowest BCUT2D eigenvalue weighted by atomic mass is 9.88. The molecule has 1 aromatic heterocycles. The second-order valence-electron chi connectivity index (χ2n) is 10.2. The van der Waals surface area contributed by atoms with Crippen LogP contribution in [-0.2, 0) is 26.1 Å². The highest BCUT2D eigenvalue weighted by atomic mass is 19.4. The van der Waals surface area contributed by atoms with Crippen molar-refractivity contribution in [3.8, 4) is 5.75 Å². The van der Waals surface area contributed by atoms with Crippen molar-refractivity contribution in [1.29, 1.82) is 0 Å². The van der Waals surface area contributed by atoms with Crippen LogP contribution in [0.1, 0.15) is 52.6 Å². The number of pyridine rings is 1. The van der Waals surface area contributed by atoms with Gasteiger partial charge in [0, 0.05) is 31.4 Å². The van der Waals surface area contributed by atoms with E-state index in [2.05, 4.69) is 32.8 Å². The number of aromatic nitrogens is 1. The normalized spacial score (nSPS) is 19.2. The summed E-state index contributed by atoms with van der Waals surface area (Å²) in [6, 6.07) is 16.3. The predicted octanol–water partition coefficient (Wildman–Crippen LogP) is 5.75. The lowest BCUT2D eigenvalue weighted by molar-refractivity contribution is -0.274. The van der Waals surface area contributed by atoms with Crippen LogP contribution < -0.4 is 4.74 Å². The Kier molecular flexibility index (Phi) is 7.51. The zero-order valence-corrected chi connectivity index (χ0v) is 20.9. The summed E-state index contributed by atoms with van der Waals surface area (Å²) in [7, 11) is 0. The fraction of sp³-hybridized carbons (Fsp3) is 0.414. The molecule has 1 saturated heterocycles. The maximum atomic E-state index is 12.4. The minimum absolute atomic E-state index is 0.246. The number of hydrogen-bond acceptors (Lipinski definition) is 5. The molecule has 1 unspecified atom stereocenters. The third kappa shape index (κ3) is 6.50. The van der Waals surface area contributed by atoms with Crippen molar-refractivity contribution in [1.82, 2.24) is 14.8 Å². The summed E-state index contributed by atoms with van der Waals surface area (Å²) in [5.41, 5.74) is 6.41. The van der Waals surface area contributed by atoms with E-state index in [1.807, 2.05) is 30.2 Å². The van der Waals surface area contributed by atoms with Crippen LogP contribution >= 0.6 is 0 Å². The molecule has 8 heteroatoms. The van der Waals surface area contributed by atoms with Crippen LogP contribution in [0.25, 0.3) is 0 Å². The van der Waals surface area contributed by atoms with Gasteiger partial charge in [-0.1, -0.05) is 30.3 Å². The number of ether oxygens (including phenoxy) is 1. The summed E-state index contributed by atoms with van der Waals surface area (Å²) < 4.78 is 41.2. The fourth-order valence-corrected chi connectivity index (χ4v) is 5.63. The van der Waals surface area contributed by atoms with E-state index >= 15 is 0 Å². The molecule has 1 atom stereocenters. The summed E-state index contributed by atoms with van der Waals surface area (Å²) in [5.74, 6) is 0.391. The second-order valence-corrected chi connectivity index (χ2v) is 10.2. The van der Waals surface area contributed by atoms with Crippen molar-refractivity contribution in [3.05, 3.63) is 94.3 Å². The maximum absolute atomic E-state index is 12.4. The highest BCUT2D eigenvalue weighted by molar-refractivity contribution is 5.43. The molecule has 0 aliphatic carbocycles. The number of aryl methyl sites for hydroxylation is 1. The summed E-state index contributed by atoms with van der Waals surface area (Å²) in [5, 5.41) is 11.0. The molecule has 0 radical (unpaired) electrons. The van der Waals surface area contributed by atoms with Crippen LogP contribution in [0.5, 0.6) is 5.75 Å². The number of rotatable bonds is 7. The Hall–Kier alpha value is -2.94. The molecule has 2 aliphatic rings. The standard InChI is InChI=1S/C29H32F3N3O2/c1-20-14-23(15-21-9-12-34(13-10-21)19-25-4-2-3-11-33-25)16-24-18-35(28(36)27(20)24)17-22-5-7-26(8-6-22)37-29(30,31)32/h2-8,11,14,16,21,28,36H,9-10,12-13,15,17-19H2,1H3. The average molecular weight is 512 g/mol. The van der Waals surface area contributed by atoms with Gasteiger partial charge in [-0.05, 0) is 91.7 Å². The van der Waals surface area contributed by atoms with Crippen molar-refractivity contribution in [2.45, 2.75) is 58.4 Å². The molecular formula is C29H32F3N3O2. The number of aliphatic hydroxyl groups excluding tert-OH is 1. The molecule has 1 N–H and O–H groups in total. The zero-order valence-electron chi connectivity index (χ0n) is 20.9. The third-order valence-corrected chi connectivity index (χ3v) is 7.40. The van der Waals surface area contributed by atoms with Gasteiger partial charge in [-0.2, -0.15) is 0 Å². The number of fused-ring (bicyclic) bond motifs is 1. The van der Waals surface area contributed by atoms with Crippen molar-refractivity contribution in [3.63, 3.8) is 0 Å². The minimum atomic E-state index is -4.71. The van der Waals surface area contributed by atoms with Gasteiger partial charge in [-0.15, -0.1) is 13.2 Å². The summed E-state index contributed by atoms with van der Waals surface area (Å²) >= 11 is 0. The lowest BCUT2D eigenvalue weighted by Crippen LogP contribution is -2.34. The summed E-state index contributed by atoms with van der Waals surface area (Å²) in [6.45, 7) is 6.14. The van der Waals surface area contributed by atoms with E-state index in [1.165, 1.54) is 17.7 Å². The molecule has 3 aromatic rings. The molecule has 196 valence electrons. The van der Waals surface area contributed by atoms with Crippen molar-refractivity contribution >= 4 is 0 Å². The van der Waals surface area contributed by atoms with Gasteiger partial charge in [-0.3, -0.25) is 14.8 Å². The van der Waals surface area contributed by atoms with Gasteiger partial charge in [-0.25, -0.2) is 0 Å². The van der Waals surface area contributed by atoms with Crippen LogP contribution in [0.3, 0.4) is 0 Å². The first-order chi connectivity index (χ1) is 17.7. The van der Waals surface area contributed by atoms with E-state index in [-0.39, 0.29) is 5.75 Å². The van der Waals surface area contributed by atoms with Crippen LogP contribution in [0, 0.1) is 12.8 Å². The van der Waals surface area contributed by atoms with Crippen molar-refractivity contribution in [2.75, 3.05) is 13.1 Å². The van der Waals surface area contributed by atoms with Gasteiger partial charge in [0.25, 0.3) is 0 Å². The van der Waals surface area contributed by atoms with Gasteiger partial charge < -0.3 is 9.84 Å². The zero-order chi connectivity index (χ0) is 26.0. The summed E-state index contributed by atoms with van der Waals surface area (Å²) in [4.78, 5) is 8.86. The number of halogens is 3. The quantitative estimate of drug-likeness (QED) is 0.438. The number of aliphatic hydroxyl groups is 1. The van der Waals surface area contributed by atoms with E-state index < -0.39 is 12.6 Å². The predicted molar refractivity (Wildman–Crippen MR) is 134 cm³/mol. The van der Waals surface area contributed by atoms with E-state index in [4.69, 9.17) is 0 Å². The molecule has 0 amide bonds. The Morgan fingerprint density at radius 2 is 1.76 bits per heavy atom. The Bertz CT molecular complexity index is 1190. The molecule has 1 fully saturated rings. The van der Waals surface area contributed by atoms with Crippen LogP contribution in [0.15, 0.2) is 60.8 Å². The molecule has 37 heavy (non-hydrogen) atoms. The Labute approximate surface area is 215 Å². The average Bonchev–Trinajstić information content (AvgIpc) is 3.16. The second kappa shape index (κ2) is 10.8. The number of piperidine rings is 1. The van der Waals surface area contributed by atoms with Crippen LogP contribution in [-0.4, -0.2) is 39.3 Å². The van der Waals surface area contributed by atoms with Gasteiger partial charge >= 0.3 is 6.36 Å².